The number of nitrogens with zero attached hydrogens (tertiary/aromatic N) is 4. The molecule has 2 aromatic carbocycles. The Hall–Kier alpha value is -3.41. The van der Waals surface area contributed by atoms with Crippen LogP contribution in [-0.2, 0) is 11.3 Å². The van der Waals surface area contributed by atoms with Crippen molar-refractivity contribution < 1.29 is 9.59 Å². The van der Waals surface area contributed by atoms with E-state index >= 15 is 0 Å². The molecule has 2 saturated heterocycles. The Bertz CT molecular complexity index is 1170. The van der Waals surface area contributed by atoms with E-state index in [9.17, 15) is 9.59 Å². The minimum Gasteiger partial charge on any atom is -0.336 e. The monoisotopic (exact) mass is 470 g/mol. The van der Waals surface area contributed by atoms with Crippen molar-refractivity contribution >= 4 is 11.8 Å². The average Bonchev–Trinajstić information content (AvgIpc) is 3.51. The number of amides is 2. The molecule has 182 valence electrons. The first-order valence-corrected chi connectivity index (χ1v) is 12.7. The summed E-state index contributed by atoms with van der Waals surface area (Å²) in [6, 6.07) is 18.3. The normalized spacial score (nSPS) is 22.4. The minimum atomic E-state index is -0.365. The smallest absolute Gasteiger partial charge is 0.254 e. The molecule has 0 saturated carbocycles. The largest absolute Gasteiger partial charge is 0.336 e. The second-order valence-corrected chi connectivity index (χ2v) is 10.4. The Balaban J connectivity index is 1.51. The number of aromatic nitrogens is 2. The van der Waals surface area contributed by atoms with Crippen molar-refractivity contribution in [3.8, 4) is 0 Å². The predicted octanol–water partition coefficient (Wildman–Crippen LogP) is 4.58. The zero-order chi connectivity index (χ0) is 24.4. The Morgan fingerprint density at radius 1 is 1.11 bits per heavy atom. The summed E-state index contributed by atoms with van der Waals surface area (Å²) in [7, 11) is 0. The highest BCUT2D eigenvalue weighted by atomic mass is 16.2. The first kappa shape index (κ1) is 23.3. The van der Waals surface area contributed by atoms with Crippen LogP contribution >= 0.6 is 0 Å². The molecule has 0 radical (unpaired) electrons. The number of carbonyl (C=O) groups is 2. The molecule has 2 atom stereocenters. The fourth-order valence-electron chi connectivity index (χ4n) is 6.00. The van der Waals surface area contributed by atoms with Crippen LogP contribution in [0.15, 0.2) is 73.3 Å². The summed E-state index contributed by atoms with van der Waals surface area (Å²) in [6.07, 6.45) is 7.83. The molecule has 3 aromatic rings. The Morgan fingerprint density at radius 2 is 1.89 bits per heavy atom. The minimum absolute atomic E-state index is 0.0426. The van der Waals surface area contributed by atoms with Crippen LogP contribution in [0.5, 0.6) is 0 Å². The first-order valence-electron chi connectivity index (χ1n) is 12.7. The van der Waals surface area contributed by atoms with Crippen LogP contribution < -0.4 is 0 Å². The summed E-state index contributed by atoms with van der Waals surface area (Å²) in [5.41, 5.74) is 2.54. The van der Waals surface area contributed by atoms with Gasteiger partial charge in [0.25, 0.3) is 5.91 Å². The lowest BCUT2D eigenvalue weighted by Gasteiger charge is -2.49. The van der Waals surface area contributed by atoms with Crippen molar-refractivity contribution in [3.63, 3.8) is 0 Å². The van der Waals surface area contributed by atoms with Crippen LogP contribution in [-0.4, -0.2) is 56.3 Å². The van der Waals surface area contributed by atoms with Gasteiger partial charge in [-0.2, -0.15) is 0 Å². The molecule has 0 bridgehead atoms. The summed E-state index contributed by atoms with van der Waals surface area (Å²) in [5, 5.41) is 0. The van der Waals surface area contributed by atoms with Crippen LogP contribution in [0.3, 0.4) is 0 Å². The van der Waals surface area contributed by atoms with Crippen molar-refractivity contribution in [1.82, 2.24) is 19.4 Å². The van der Waals surface area contributed by atoms with E-state index in [0.717, 1.165) is 30.5 Å². The van der Waals surface area contributed by atoms with Gasteiger partial charge in [-0.15, -0.1) is 0 Å². The van der Waals surface area contributed by atoms with Crippen LogP contribution in [0.25, 0.3) is 0 Å². The highest BCUT2D eigenvalue weighted by Gasteiger charge is 2.55. The molecule has 2 aliphatic rings. The Morgan fingerprint density at radius 3 is 2.63 bits per heavy atom. The topological polar surface area (TPSA) is 58.4 Å². The maximum absolute atomic E-state index is 14.0. The maximum Gasteiger partial charge on any atom is 0.254 e. The molecule has 0 aliphatic carbocycles. The van der Waals surface area contributed by atoms with Crippen molar-refractivity contribution in [1.29, 1.82) is 0 Å². The molecule has 6 heteroatoms. The molecule has 1 aromatic heterocycles. The second-order valence-electron chi connectivity index (χ2n) is 10.4. The van der Waals surface area contributed by atoms with E-state index in [1.165, 1.54) is 5.56 Å². The van der Waals surface area contributed by atoms with Gasteiger partial charge in [-0.1, -0.05) is 62.4 Å². The van der Waals surface area contributed by atoms with E-state index in [1.54, 1.807) is 12.5 Å². The number of likely N-dealkylation sites (tertiary alicyclic amines) is 2. The molecule has 2 fully saturated rings. The zero-order valence-corrected chi connectivity index (χ0v) is 20.6. The van der Waals surface area contributed by atoms with Crippen LogP contribution in [0.1, 0.15) is 60.5 Å². The molecule has 5 rings (SSSR count). The van der Waals surface area contributed by atoms with E-state index in [1.807, 2.05) is 46.0 Å². The van der Waals surface area contributed by atoms with Crippen molar-refractivity contribution in [2.24, 2.45) is 5.92 Å². The molecule has 1 spiro atoms. The van der Waals surface area contributed by atoms with Gasteiger partial charge in [-0.25, -0.2) is 4.98 Å². The van der Waals surface area contributed by atoms with Gasteiger partial charge >= 0.3 is 0 Å². The number of carbonyl (C=O) groups excluding carboxylic acids is 2. The fourth-order valence-corrected chi connectivity index (χ4v) is 6.00. The molecule has 35 heavy (non-hydrogen) atoms. The molecule has 6 nitrogen and oxygen atoms in total. The Kier molecular flexibility index (Phi) is 6.46. The number of hydrogen-bond acceptors (Lipinski definition) is 3. The molecule has 3 heterocycles. The molecule has 0 N–H and O–H groups in total. The van der Waals surface area contributed by atoms with Gasteiger partial charge in [0.2, 0.25) is 5.91 Å². The highest BCUT2D eigenvalue weighted by molar-refractivity contribution is 5.96. The molecule has 0 unspecified atom stereocenters. The third kappa shape index (κ3) is 4.49. The molecule has 2 aliphatic heterocycles. The van der Waals surface area contributed by atoms with E-state index < -0.39 is 0 Å². The summed E-state index contributed by atoms with van der Waals surface area (Å²) in [5.74, 6) is 0.726. The second kappa shape index (κ2) is 9.68. The third-order valence-corrected chi connectivity index (χ3v) is 7.55. The van der Waals surface area contributed by atoms with Gasteiger partial charge in [-0.05, 0) is 36.0 Å². The van der Waals surface area contributed by atoms with Gasteiger partial charge in [0.05, 0.1) is 11.9 Å². The summed E-state index contributed by atoms with van der Waals surface area (Å²) >= 11 is 0. The van der Waals surface area contributed by atoms with Gasteiger partial charge in [-0.3, -0.25) is 9.59 Å². The number of imidazole rings is 1. The van der Waals surface area contributed by atoms with Gasteiger partial charge in [0.15, 0.2) is 0 Å². The first-order chi connectivity index (χ1) is 17.0. The van der Waals surface area contributed by atoms with E-state index in [4.69, 9.17) is 0 Å². The summed E-state index contributed by atoms with van der Waals surface area (Å²) in [4.78, 5) is 35.5. The van der Waals surface area contributed by atoms with Gasteiger partial charge in [0, 0.05) is 56.5 Å². The van der Waals surface area contributed by atoms with Crippen molar-refractivity contribution in [2.45, 2.75) is 51.1 Å². The predicted molar refractivity (Wildman–Crippen MR) is 136 cm³/mol. The quantitative estimate of drug-likeness (QED) is 0.530. The summed E-state index contributed by atoms with van der Waals surface area (Å²) in [6.45, 7) is 6.84. The zero-order valence-electron chi connectivity index (χ0n) is 20.6. The molecule has 2 amide bonds. The number of benzene rings is 2. The molecular weight excluding hydrogens is 436 g/mol. The third-order valence-electron chi connectivity index (χ3n) is 7.55. The van der Waals surface area contributed by atoms with Crippen molar-refractivity contribution in [3.05, 3.63) is 90.0 Å². The summed E-state index contributed by atoms with van der Waals surface area (Å²) < 4.78 is 1.98. The lowest BCUT2D eigenvalue weighted by atomic mass is 9.74. The fraction of sp³-hybridized carbons (Fsp3) is 0.414. The average molecular weight is 471 g/mol. The number of hydrogen-bond donors (Lipinski definition) is 0. The van der Waals surface area contributed by atoms with Crippen LogP contribution in [0.2, 0.25) is 0 Å². The van der Waals surface area contributed by atoms with Crippen LogP contribution in [0.4, 0.5) is 0 Å². The van der Waals surface area contributed by atoms with E-state index in [0.29, 0.717) is 32.0 Å². The Labute approximate surface area is 207 Å². The van der Waals surface area contributed by atoms with Crippen LogP contribution in [0, 0.1) is 5.92 Å². The number of piperidine rings is 1. The van der Waals surface area contributed by atoms with Crippen molar-refractivity contribution in [2.75, 3.05) is 19.6 Å². The lowest BCUT2D eigenvalue weighted by Crippen LogP contribution is -2.59. The number of rotatable bonds is 6. The van der Waals surface area contributed by atoms with E-state index in [-0.39, 0.29) is 23.3 Å². The lowest BCUT2D eigenvalue weighted by molar-refractivity contribution is -0.143. The SMILES string of the molecule is CC(C)CN1C(=O)CCC[C@]12CN(C(=O)c1ccccc1Cn1ccnc1)C[C@H]2c1ccccc1. The van der Waals surface area contributed by atoms with Gasteiger partial charge < -0.3 is 14.4 Å². The molecular formula is C29H34N4O2. The van der Waals surface area contributed by atoms with Gasteiger partial charge in [0.1, 0.15) is 0 Å². The maximum atomic E-state index is 14.0. The van der Waals surface area contributed by atoms with E-state index in [2.05, 4.69) is 48.0 Å². The standard InChI is InChI=1S/C29H34N4O2/c1-22(2)17-33-27(34)13-8-14-29(33)20-32(19-26(29)23-9-4-3-5-10-23)28(35)25-12-7-6-11-24(25)18-31-16-15-30-21-31/h3-7,9-12,15-16,21-22,26H,8,13-14,17-20H2,1-2H3/t26-,29+/m0/s1. The highest BCUT2D eigenvalue weighted by Crippen LogP contribution is 2.47.